The largest absolute Gasteiger partial charge is 0.271 e. The van der Waals surface area contributed by atoms with Crippen LogP contribution in [0.2, 0.25) is 0 Å². The van der Waals surface area contributed by atoms with Gasteiger partial charge in [0.15, 0.2) is 0 Å². The molecule has 4 fully saturated rings. The summed E-state index contributed by atoms with van der Waals surface area (Å²) < 4.78 is 0. The van der Waals surface area contributed by atoms with Crippen molar-refractivity contribution in [2.75, 3.05) is 0 Å². The molecule has 84 heavy (non-hydrogen) atoms. The van der Waals surface area contributed by atoms with E-state index in [0.29, 0.717) is 160 Å². The van der Waals surface area contributed by atoms with Crippen molar-refractivity contribution in [3.05, 3.63) is 106 Å². The van der Waals surface area contributed by atoms with Gasteiger partial charge in [-0.25, -0.2) is 0 Å². The first-order chi connectivity index (χ1) is 41.1. The van der Waals surface area contributed by atoms with E-state index in [0.717, 1.165) is 77.0 Å². The molecule has 4 aliphatic carbocycles. The van der Waals surface area contributed by atoms with Crippen molar-refractivity contribution in [1.29, 1.82) is 0 Å². The van der Waals surface area contributed by atoms with Crippen LogP contribution in [0.4, 0.5) is 0 Å². The highest BCUT2D eigenvalue weighted by Crippen LogP contribution is 2.54. The Morgan fingerprint density at radius 3 is 0.821 bits per heavy atom. The lowest BCUT2D eigenvalue weighted by molar-refractivity contribution is 0.0487. The third kappa shape index (κ3) is 6.12. The zero-order valence-corrected chi connectivity index (χ0v) is 46.1. The van der Waals surface area contributed by atoms with Crippen molar-refractivity contribution < 1.29 is 38.4 Å². The van der Waals surface area contributed by atoms with Gasteiger partial charge in [-0.1, -0.05) is 89.2 Å². The number of benzene rings is 6. The van der Waals surface area contributed by atoms with E-state index < -0.39 is 35.4 Å². The van der Waals surface area contributed by atoms with E-state index in [2.05, 4.69) is 0 Å². The zero-order chi connectivity index (χ0) is 56.3. The van der Waals surface area contributed by atoms with Gasteiger partial charge in [-0.15, -0.1) is 0 Å². The van der Waals surface area contributed by atoms with Gasteiger partial charge in [0.2, 0.25) is 0 Å². The fraction of sp³-hybridized carbons (Fsp3) is 0.353. The Hall–Kier alpha value is -8.92. The topological polar surface area (TPSA) is 201 Å². The summed E-state index contributed by atoms with van der Waals surface area (Å²) in [5.74, 6) is -3.35. The predicted octanol–water partition coefficient (Wildman–Crippen LogP) is 12.7. The van der Waals surface area contributed by atoms with Crippen molar-refractivity contribution in [2.24, 2.45) is 0 Å². The number of imide groups is 4. The number of amides is 8. The van der Waals surface area contributed by atoms with Crippen LogP contribution in [-0.4, -0.2) is 111 Å². The van der Waals surface area contributed by atoms with Gasteiger partial charge in [-0.2, -0.15) is 0 Å². The first-order valence-corrected chi connectivity index (χ1v) is 30.5. The number of carbonyl (C=O) groups excluding carboxylic acids is 8. The molecule has 16 heteroatoms. The van der Waals surface area contributed by atoms with Crippen LogP contribution >= 0.6 is 0 Å². The molecule has 18 rings (SSSR count). The monoisotopic (exact) mass is 1110 g/mol. The molecule has 0 N–H and O–H groups in total. The highest BCUT2D eigenvalue weighted by atomic mass is 16.2. The Morgan fingerprint density at radius 2 is 0.512 bits per heavy atom. The average Bonchev–Trinajstić information content (AvgIpc) is 0.708. The Morgan fingerprint density at radius 1 is 0.250 bits per heavy atom. The molecule has 0 atom stereocenters. The summed E-state index contributed by atoms with van der Waals surface area (Å²) in [6.07, 6.45) is 22.9. The van der Waals surface area contributed by atoms with E-state index in [9.17, 15) is 19.2 Å². The van der Waals surface area contributed by atoms with E-state index in [4.69, 9.17) is 19.9 Å². The van der Waals surface area contributed by atoms with Gasteiger partial charge in [-0.3, -0.25) is 77.9 Å². The molecule has 6 aromatic carbocycles. The van der Waals surface area contributed by atoms with Crippen molar-refractivity contribution in [3.8, 4) is 11.1 Å². The Bertz CT molecular complexity index is 4470. The molecular weight excluding hydrogens is 1060 g/mol. The summed E-state index contributed by atoms with van der Waals surface area (Å²) in [4.78, 5) is 148. The molecule has 0 saturated heterocycles. The minimum absolute atomic E-state index is 0.253. The van der Waals surface area contributed by atoms with Crippen LogP contribution in [-0.2, 0) is 0 Å². The van der Waals surface area contributed by atoms with E-state index in [-0.39, 0.29) is 69.4 Å². The minimum Gasteiger partial charge on any atom is -0.271 e. The molecular formula is C68H54N8O8. The minimum atomic E-state index is -0.459. The SMILES string of the molecule is O=C1c2ccc3c4ncc5c6c(cc(-c7cc8c9c(cnc%10c%11ccc%12c%13c(cnc(c7c9%10)c%13%11)C(=O)N(C7CCCCC7)C%12=O)C(=O)N(C7CCCCC7)C8=O)c(c7ncc(c2c37)C(=O)N1C1CCCCC1)c64)C(=O)N(C1CCCCC1)C5=O. The van der Waals surface area contributed by atoms with Crippen LogP contribution in [0.1, 0.15) is 211 Å². The smallest absolute Gasteiger partial charge is 0.263 e. The molecule has 8 amide bonds. The van der Waals surface area contributed by atoms with Crippen molar-refractivity contribution in [3.63, 3.8) is 0 Å². The molecule has 8 heterocycles. The maximum Gasteiger partial charge on any atom is 0.263 e. The van der Waals surface area contributed by atoms with E-state index in [1.807, 2.05) is 24.3 Å². The van der Waals surface area contributed by atoms with Gasteiger partial charge in [0.25, 0.3) is 47.3 Å². The summed E-state index contributed by atoms with van der Waals surface area (Å²) in [7, 11) is 0. The molecule has 414 valence electrons. The van der Waals surface area contributed by atoms with Crippen molar-refractivity contribution in [2.45, 2.75) is 153 Å². The number of rotatable bonds is 5. The van der Waals surface area contributed by atoms with Crippen LogP contribution in [0.25, 0.3) is 97.8 Å². The zero-order valence-electron chi connectivity index (χ0n) is 46.1. The summed E-state index contributed by atoms with van der Waals surface area (Å²) in [6.45, 7) is 0. The van der Waals surface area contributed by atoms with Crippen molar-refractivity contribution >= 4 is 134 Å². The Kier molecular flexibility index (Phi) is 10.0. The normalized spacial score (nSPS) is 20.5. The molecule has 0 radical (unpaired) electrons. The first kappa shape index (κ1) is 48.6. The highest BCUT2D eigenvalue weighted by Gasteiger charge is 2.46. The molecule has 4 aliphatic heterocycles. The molecule has 8 aliphatic rings. The lowest BCUT2D eigenvalue weighted by Gasteiger charge is -2.37. The van der Waals surface area contributed by atoms with Gasteiger partial charge in [0.05, 0.1) is 44.3 Å². The maximum atomic E-state index is 15.8. The van der Waals surface area contributed by atoms with Gasteiger partial charge in [-0.05, 0) is 86.8 Å². The summed E-state index contributed by atoms with van der Waals surface area (Å²) in [6, 6.07) is 9.64. The second kappa shape index (κ2) is 17.3. The van der Waals surface area contributed by atoms with Crippen LogP contribution < -0.4 is 0 Å². The van der Waals surface area contributed by atoms with Crippen LogP contribution in [0.15, 0.2) is 61.2 Å². The molecule has 0 bridgehead atoms. The average molecular weight is 1110 g/mol. The lowest BCUT2D eigenvalue weighted by Crippen LogP contribution is -2.48. The Balaban J connectivity index is 0.998. The quantitative estimate of drug-likeness (QED) is 0.0898. The van der Waals surface area contributed by atoms with Gasteiger partial charge < -0.3 is 0 Å². The molecule has 4 aromatic heterocycles. The molecule has 16 nitrogen and oxygen atoms in total. The number of nitrogens with zero attached hydrogens (tertiary/aromatic N) is 8. The van der Waals surface area contributed by atoms with E-state index in [1.165, 1.54) is 19.6 Å². The second-order valence-electron chi connectivity index (χ2n) is 25.2. The van der Waals surface area contributed by atoms with Gasteiger partial charge >= 0.3 is 0 Å². The van der Waals surface area contributed by atoms with E-state index >= 15 is 19.2 Å². The first-order valence-electron chi connectivity index (χ1n) is 30.5. The summed E-state index contributed by atoms with van der Waals surface area (Å²) in [5, 5.41) is 5.78. The Labute approximate surface area is 479 Å². The van der Waals surface area contributed by atoms with Gasteiger partial charge in [0, 0.05) is 136 Å². The number of hydrogen-bond acceptors (Lipinski definition) is 12. The third-order valence-corrected chi connectivity index (χ3v) is 21.0. The number of carbonyl (C=O) groups is 8. The summed E-state index contributed by atoms with van der Waals surface area (Å²) in [5.41, 5.74) is 4.84. The molecule has 0 unspecified atom stereocenters. The fourth-order valence-corrected chi connectivity index (χ4v) is 17.2. The van der Waals surface area contributed by atoms with Crippen LogP contribution in [0.5, 0.6) is 0 Å². The lowest BCUT2D eigenvalue weighted by atomic mass is 9.79. The predicted molar refractivity (Wildman–Crippen MR) is 315 cm³/mol. The summed E-state index contributed by atoms with van der Waals surface area (Å²) >= 11 is 0. The molecule has 4 saturated carbocycles. The fourth-order valence-electron chi connectivity index (χ4n) is 17.2. The standard InChI is InChI=1S/C68H54N8O8/c77-61-37-23-21-35-51-47(37)43(65(81)73(61)31-13-5-1-6-14-31)29-71-59(51)53-39(25-41-49-45(27-69-57(35)55(49)53)67(83)75(63(41)79)33-17-9-3-10-18-33)40-26-42-50-46(68(84)76(64(42)80)34-19-11-4-12-20-34)28-70-58-36-22-24-38-48-44(30-72-60(52(36)48)54(40)56(50)58)66(82)74(62(38)78)32-15-7-2-8-16-32/h21-34H,1-20H2. The van der Waals surface area contributed by atoms with Crippen molar-refractivity contribution in [1.82, 2.24) is 39.5 Å². The second-order valence-corrected chi connectivity index (χ2v) is 25.2. The highest BCUT2D eigenvalue weighted by molar-refractivity contribution is 6.45. The molecule has 10 aromatic rings. The maximum absolute atomic E-state index is 15.8. The van der Waals surface area contributed by atoms with Crippen LogP contribution in [0.3, 0.4) is 0 Å². The third-order valence-electron chi connectivity index (χ3n) is 21.0. The number of hydrogen-bond donors (Lipinski definition) is 0. The number of aromatic nitrogens is 4. The van der Waals surface area contributed by atoms with E-state index in [1.54, 1.807) is 36.9 Å². The van der Waals surface area contributed by atoms with Crippen LogP contribution in [0, 0.1) is 0 Å². The molecule has 0 spiro atoms. The number of fused-ring (bicyclic) bond motifs is 4. The number of pyridine rings is 4. The van der Waals surface area contributed by atoms with Gasteiger partial charge in [0.1, 0.15) is 0 Å².